The number of piperidine rings is 1. The van der Waals surface area contributed by atoms with E-state index in [1.807, 2.05) is 50.6 Å². The number of aryl methyl sites for hydroxylation is 2. The van der Waals surface area contributed by atoms with E-state index in [0.717, 1.165) is 81.5 Å². The molecule has 2 unspecified atom stereocenters. The lowest BCUT2D eigenvalue weighted by atomic mass is 9.66. The minimum atomic E-state index is -0.691. The number of hydrogen-bond donors (Lipinski definition) is 1. The number of nitrogens with one attached hydrogen (secondary N) is 1. The van der Waals surface area contributed by atoms with Gasteiger partial charge in [-0.1, -0.05) is 6.07 Å². The van der Waals surface area contributed by atoms with Crippen molar-refractivity contribution in [2.75, 3.05) is 32.1 Å². The van der Waals surface area contributed by atoms with Crippen molar-refractivity contribution in [3.63, 3.8) is 0 Å². The number of carbonyl (C=O) groups excluding carboxylic acids is 1. The van der Waals surface area contributed by atoms with E-state index in [2.05, 4.69) is 44.3 Å². The first-order valence-electron chi connectivity index (χ1n) is 15.2. The summed E-state index contributed by atoms with van der Waals surface area (Å²) in [6.07, 6.45) is 11.3. The molecule has 1 aliphatic carbocycles. The molecule has 2 atom stereocenters. The van der Waals surface area contributed by atoms with Gasteiger partial charge in [0.1, 0.15) is 5.65 Å². The number of methoxy groups -OCH3 is 1. The molecule has 1 spiro atoms. The average molecular weight is 590 g/mol. The number of ether oxygens (including phenoxy) is 1. The molecule has 2 aliphatic heterocycles. The molecule has 1 N–H and O–H groups in total. The topological polar surface area (TPSA) is 121 Å². The number of fused-ring (bicyclic) bond motifs is 5. The Kier molecular flexibility index (Phi) is 5.83. The number of hydrogen-bond acceptors (Lipinski definition) is 7. The predicted molar refractivity (Wildman–Crippen MR) is 167 cm³/mol. The van der Waals surface area contributed by atoms with E-state index >= 15 is 0 Å². The fraction of sp³-hybridized carbons (Fsp3) is 0.424. The van der Waals surface area contributed by atoms with Crippen LogP contribution in [-0.4, -0.2) is 79.2 Å². The second-order valence-electron chi connectivity index (χ2n) is 12.7. The fourth-order valence-electron chi connectivity index (χ4n) is 8.34. The van der Waals surface area contributed by atoms with Gasteiger partial charge in [-0.2, -0.15) is 15.5 Å². The summed E-state index contributed by atoms with van der Waals surface area (Å²) in [4.78, 5) is 27.1. The van der Waals surface area contributed by atoms with Gasteiger partial charge in [-0.05, 0) is 43.4 Å². The number of nitrogens with zero attached hydrogens (tertiary/aromatic N) is 8. The maximum Gasteiger partial charge on any atom is 0.237 e. The second-order valence-corrected chi connectivity index (χ2v) is 12.7. The SMILES string of the molecule is COC1CCC1(CC#N)N1CCC2(CC1)C(=O)N(C)c1cnc3[nH]c(-c4cnn(C)c4)c(-c4ccc5c(cnn5C)c4)c3c12. The number of pyridine rings is 1. The van der Waals surface area contributed by atoms with E-state index < -0.39 is 5.41 Å². The van der Waals surface area contributed by atoms with Gasteiger partial charge < -0.3 is 14.6 Å². The predicted octanol–water partition coefficient (Wildman–Crippen LogP) is 4.29. The van der Waals surface area contributed by atoms with Crippen LogP contribution in [0.15, 0.2) is 43.0 Å². The number of aromatic amines is 1. The van der Waals surface area contributed by atoms with Gasteiger partial charge in [0.2, 0.25) is 5.91 Å². The molecule has 2 fully saturated rings. The fourth-order valence-corrected chi connectivity index (χ4v) is 8.34. The standard InChI is InChI=1S/C33H35N9O2/c1-39-19-22(17-36-39)29-26(20-5-6-23-21(15-20)16-37-41(23)3)27-28-24(18-35-30(27)38-29)40(2)31(43)32(28)10-13-42(14-11-32)33(9-12-34)8-7-25(33)44-4/h5-6,15-19,25H,7-11,13-14H2,1-4H3,(H,35,38). The van der Waals surface area contributed by atoms with Crippen molar-refractivity contribution in [2.45, 2.75) is 49.2 Å². The number of benzene rings is 1. The molecule has 0 radical (unpaired) electrons. The molecule has 3 aliphatic rings. The molecule has 4 aromatic heterocycles. The lowest BCUT2D eigenvalue weighted by Gasteiger charge is -2.56. The van der Waals surface area contributed by atoms with Crippen molar-refractivity contribution in [3.8, 4) is 28.5 Å². The van der Waals surface area contributed by atoms with Crippen LogP contribution in [0.25, 0.3) is 44.3 Å². The number of aromatic nitrogens is 6. The van der Waals surface area contributed by atoms with Crippen molar-refractivity contribution in [3.05, 3.63) is 48.5 Å². The molecule has 6 heterocycles. The second kappa shape index (κ2) is 9.48. The Morgan fingerprint density at radius 3 is 2.59 bits per heavy atom. The molecular formula is C33H35N9O2. The summed E-state index contributed by atoms with van der Waals surface area (Å²) >= 11 is 0. The highest BCUT2D eigenvalue weighted by molar-refractivity contribution is 6.16. The highest BCUT2D eigenvalue weighted by Crippen LogP contribution is 2.55. The Labute approximate surface area is 255 Å². The Morgan fingerprint density at radius 2 is 1.91 bits per heavy atom. The van der Waals surface area contributed by atoms with Crippen LogP contribution in [0, 0.1) is 11.3 Å². The number of nitriles is 1. The van der Waals surface area contributed by atoms with Crippen LogP contribution in [0.1, 0.15) is 37.7 Å². The van der Waals surface area contributed by atoms with Crippen LogP contribution in [0.5, 0.6) is 0 Å². The molecule has 1 saturated carbocycles. The van der Waals surface area contributed by atoms with Crippen molar-refractivity contribution in [1.82, 2.24) is 34.4 Å². The number of likely N-dealkylation sites (tertiary alicyclic amines) is 1. The first-order chi connectivity index (χ1) is 21.3. The molecule has 224 valence electrons. The lowest BCUT2D eigenvalue weighted by Crippen LogP contribution is -2.66. The van der Waals surface area contributed by atoms with Crippen molar-refractivity contribution < 1.29 is 9.53 Å². The number of amides is 1. The molecule has 0 bridgehead atoms. The van der Waals surface area contributed by atoms with Gasteiger partial charge in [0, 0.05) is 75.0 Å². The monoisotopic (exact) mass is 589 g/mol. The third kappa shape index (κ3) is 3.49. The number of rotatable bonds is 5. The zero-order chi connectivity index (χ0) is 30.4. The lowest BCUT2D eigenvalue weighted by molar-refractivity contribution is -0.138. The minimum absolute atomic E-state index is 0.0436. The molecule has 1 aromatic carbocycles. The maximum atomic E-state index is 14.3. The van der Waals surface area contributed by atoms with E-state index in [-0.39, 0.29) is 17.6 Å². The van der Waals surface area contributed by atoms with Crippen LogP contribution < -0.4 is 4.90 Å². The van der Waals surface area contributed by atoms with Crippen LogP contribution in [0.4, 0.5) is 5.69 Å². The third-order valence-electron chi connectivity index (χ3n) is 10.7. The normalized spacial score (nSPS) is 23.0. The van der Waals surface area contributed by atoms with Crippen LogP contribution in [0.2, 0.25) is 0 Å². The van der Waals surface area contributed by atoms with Gasteiger partial charge in [-0.3, -0.25) is 19.1 Å². The Morgan fingerprint density at radius 1 is 1.09 bits per heavy atom. The number of anilines is 1. The Bertz CT molecular complexity index is 2000. The summed E-state index contributed by atoms with van der Waals surface area (Å²) in [7, 11) is 7.47. The number of H-pyrrole nitrogens is 1. The van der Waals surface area contributed by atoms with Gasteiger partial charge in [0.05, 0.1) is 65.0 Å². The highest BCUT2D eigenvalue weighted by atomic mass is 16.5. The quantitative estimate of drug-likeness (QED) is 0.325. The highest BCUT2D eigenvalue weighted by Gasteiger charge is 2.57. The first-order valence-corrected chi connectivity index (χ1v) is 15.2. The molecule has 11 heteroatoms. The van der Waals surface area contributed by atoms with Crippen LogP contribution in [0.3, 0.4) is 0 Å². The van der Waals surface area contributed by atoms with Crippen molar-refractivity contribution in [1.29, 1.82) is 5.26 Å². The number of likely N-dealkylation sites (N-methyl/N-ethyl adjacent to an activating group) is 1. The van der Waals surface area contributed by atoms with E-state index in [4.69, 9.17) is 9.72 Å². The molecule has 5 aromatic rings. The van der Waals surface area contributed by atoms with E-state index in [1.54, 1.807) is 16.7 Å². The number of carbonyl (C=O) groups is 1. The van der Waals surface area contributed by atoms with Crippen molar-refractivity contribution in [2.24, 2.45) is 14.1 Å². The van der Waals surface area contributed by atoms with Gasteiger partial charge in [-0.15, -0.1) is 0 Å². The smallest absolute Gasteiger partial charge is 0.237 e. The molecule has 44 heavy (non-hydrogen) atoms. The molecule has 11 nitrogen and oxygen atoms in total. The Hall–Kier alpha value is -4.53. The third-order valence-corrected chi connectivity index (χ3v) is 10.7. The first kappa shape index (κ1) is 27.0. The zero-order valence-corrected chi connectivity index (χ0v) is 25.5. The van der Waals surface area contributed by atoms with E-state index in [1.165, 1.54) is 0 Å². The molecule has 1 saturated heterocycles. The van der Waals surface area contributed by atoms with Crippen LogP contribution >= 0.6 is 0 Å². The maximum absolute atomic E-state index is 14.3. The zero-order valence-electron chi connectivity index (χ0n) is 25.5. The van der Waals surface area contributed by atoms with E-state index in [9.17, 15) is 10.1 Å². The van der Waals surface area contributed by atoms with Crippen molar-refractivity contribution >= 4 is 33.5 Å². The average Bonchev–Trinajstić information content (AvgIpc) is 3.77. The molecular weight excluding hydrogens is 554 g/mol. The summed E-state index contributed by atoms with van der Waals surface area (Å²) in [6, 6.07) is 8.84. The van der Waals surface area contributed by atoms with Crippen LogP contribution in [-0.2, 0) is 29.0 Å². The minimum Gasteiger partial charge on any atom is -0.379 e. The van der Waals surface area contributed by atoms with Gasteiger partial charge in [0.25, 0.3) is 0 Å². The summed E-state index contributed by atoms with van der Waals surface area (Å²) < 4.78 is 9.50. The van der Waals surface area contributed by atoms with Gasteiger partial charge in [0.15, 0.2) is 0 Å². The van der Waals surface area contributed by atoms with E-state index in [0.29, 0.717) is 19.3 Å². The van der Waals surface area contributed by atoms with Gasteiger partial charge in [-0.25, -0.2) is 4.98 Å². The molecule has 1 amide bonds. The summed E-state index contributed by atoms with van der Waals surface area (Å²) in [5.74, 6) is 0.116. The molecule has 8 rings (SSSR count). The summed E-state index contributed by atoms with van der Waals surface area (Å²) in [5.41, 5.74) is 6.69. The van der Waals surface area contributed by atoms with Gasteiger partial charge >= 0.3 is 0 Å². The summed E-state index contributed by atoms with van der Waals surface area (Å²) in [6.45, 7) is 1.45. The Balaban J connectivity index is 1.32. The largest absolute Gasteiger partial charge is 0.379 e. The summed E-state index contributed by atoms with van der Waals surface area (Å²) in [5, 5.41) is 20.7.